The van der Waals surface area contributed by atoms with Crippen molar-refractivity contribution in [3.8, 4) is 5.75 Å². The van der Waals surface area contributed by atoms with Crippen molar-refractivity contribution in [2.75, 3.05) is 51.3 Å². The van der Waals surface area contributed by atoms with E-state index >= 15 is 0 Å². The van der Waals surface area contributed by atoms with E-state index in [0.717, 1.165) is 43.1 Å². The molecule has 2 aromatic rings. The summed E-state index contributed by atoms with van der Waals surface area (Å²) in [6.07, 6.45) is 1.30. The van der Waals surface area contributed by atoms with Crippen LogP contribution in [-0.2, 0) is 22.4 Å². The minimum Gasteiger partial charge on any atom is -0.497 e. The molecule has 0 spiro atoms. The van der Waals surface area contributed by atoms with Crippen molar-refractivity contribution < 1.29 is 14.3 Å². The van der Waals surface area contributed by atoms with Crippen molar-refractivity contribution in [3.63, 3.8) is 0 Å². The van der Waals surface area contributed by atoms with Crippen LogP contribution in [0.4, 0.5) is 5.69 Å². The third-order valence-corrected chi connectivity index (χ3v) is 5.76. The highest BCUT2D eigenvalue weighted by Crippen LogP contribution is 2.27. The lowest BCUT2D eigenvalue weighted by Crippen LogP contribution is -2.51. The number of nitrogens with zero attached hydrogens (tertiary/aromatic N) is 3. The fourth-order valence-electron chi connectivity index (χ4n) is 4.10. The zero-order chi connectivity index (χ0) is 20.2. The first-order chi connectivity index (χ1) is 14.1. The average Bonchev–Trinajstić information content (AvgIpc) is 3.19. The van der Waals surface area contributed by atoms with Crippen LogP contribution in [0.1, 0.15) is 11.1 Å². The highest BCUT2D eigenvalue weighted by atomic mass is 16.5. The summed E-state index contributed by atoms with van der Waals surface area (Å²) in [6.45, 7) is 3.94. The molecule has 0 atom stereocenters. The molecule has 0 aromatic heterocycles. The second-order valence-corrected chi connectivity index (χ2v) is 7.61. The van der Waals surface area contributed by atoms with Gasteiger partial charge in [0.25, 0.3) is 0 Å². The van der Waals surface area contributed by atoms with E-state index in [-0.39, 0.29) is 11.8 Å². The number of piperazine rings is 1. The average molecular weight is 393 g/mol. The van der Waals surface area contributed by atoms with Gasteiger partial charge >= 0.3 is 0 Å². The number of hydrogen-bond acceptors (Lipinski definition) is 4. The first-order valence-electron chi connectivity index (χ1n) is 10.2. The van der Waals surface area contributed by atoms with Crippen molar-refractivity contribution in [2.24, 2.45) is 0 Å². The fourth-order valence-corrected chi connectivity index (χ4v) is 4.10. The topological polar surface area (TPSA) is 53.1 Å². The summed E-state index contributed by atoms with van der Waals surface area (Å²) in [5.41, 5.74) is 3.25. The summed E-state index contributed by atoms with van der Waals surface area (Å²) >= 11 is 0. The molecule has 2 aliphatic rings. The minimum absolute atomic E-state index is 0.123. The quantitative estimate of drug-likeness (QED) is 0.780. The van der Waals surface area contributed by atoms with Crippen LogP contribution in [0.2, 0.25) is 0 Å². The molecule has 0 radical (unpaired) electrons. The van der Waals surface area contributed by atoms with Crippen molar-refractivity contribution in [2.45, 2.75) is 12.8 Å². The highest BCUT2D eigenvalue weighted by molar-refractivity contribution is 5.96. The Morgan fingerprint density at radius 2 is 1.72 bits per heavy atom. The molecular formula is C23H27N3O3. The molecule has 0 N–H and O–H groups in total. The van der Waals surface area contributed by atoms with E-state index in [0.29, 0.717) is 26.1 Å². The van der Waals surface area contributed by atoms with Gasteiger partial charge in [-0.25, -0.2) is 0 Å². The van der Waals surface area contributed by atoms with E-state index in [1.807, 2.05) is 52.3 Å². The number of para-hydroxylation sites is 1. The SMILES string of the molecule is COc1cccc(CC(=O)N2CCN(CC(=O)N3CCc4ccccc43)CC2)c1. The largest absolute Gasteiger partial charge is 0.497 e. The monoisotopic (exact) mass is 393 g/mol. The van der Waals surface area contributed by atoms with Crippen molar-refractivity contribution in [1.29, 1.82) is 0 Å². The van der Waals surface area contributed by atoms with E-state index in [2.05, 4.69) is 11.0 Å². The summed E-state index contributed by atoms with van der Waals surface area (Å²) in [5.74, 6) is 1.03. The molecule has 0 bridgehead atoms. The third-order valence-electron chi connectivity index (χ3n) is 5.76. The maximum Gasteiger partial charge on any atom is 0.241 e. The number of anilines is 1. The number of hydrogen-bond donors (Lipinski definition) is 0. The Labute approximate surface area is 171 Å². The molecular weight excluding hydrogens is 366 g/mol. The molecule has 29 heavy (non-hydrogen) atoms. The standard InChI is InChI=1S/C23H27N3O3/c1-29-20-7-4-5-18(15-20)16-22(27)25-13-11-24(12-14-25)17-23(28)26-10-9-19-6-2-3-8-21(19)26/h2-8,15H,9-14,16-17H2,1H3. The van der Waals surface area contributed by atoms with E-state index in [1.165, 1.54) is 5.56 Å². The number of benzene rings is 2. The fraction of sp³-hybridized carbons (Fsp3) is 0.391. The molecule has 4 rings (SSSR count). The predicted molar refractivity (Wildman–Crippen MR) is 112 cm³/mol. The summed E-state index contributed by atoms with van der Waals surface area (Å²) in [4.78, 5) is 31.4. The van der Waals surface area contributed by atoms with E-state index in [9.17, 15) is 9.59 Å². The number of fused-ring (bicyclic) bond motifs is 1. The van der Waals surface area contributed by atoms with Crippen LogP contribution < -0.4 is 9.64 Å². The maximum atomic E-state index is 12.8. The normalized spacial score (nSPS) is 16.6. The minimum atomic E-state index is 0.123. The molecule has 0 aliphatic carbocycles. The van der Waals surface area contributed by atoms with Crippen LogP contribution in [0.5, 0.6) is 5.75 Å². The second-order valence-electron chi connectivity index (χ2n) is 7.61. The van der Waals surface area contributed by atoms with Gasteiger partial charge in [0, 0.05) is 38.4 Å². The number of ether oxygens (including phenoxy) is 1. The Kier molecular flexibility index (Phi) is 5.81. The van der Waals surface area contributed by atoms with Crippen LogP contribution in [0, 0.1) is 0 Å². The molecule has 2 heterocycles. The number of carbonyl (C=O) groups is 2. The second kappa shape index (κ2) is 8.66. The van der Waals surface area contributed by atoms with Gasteiger partial charge in [-0.05, 0) is 35.7 Å². The molecule has 2 aromatic carbocycles. The number of carbonyl (C=O) groups excluding carboxylic acids is 2. The van der Waals surface area contributed by atoms with Crippen LogP contribution >= 0.6 is 0 Å². The number of rotatable bonds is 5. The Morgan fingerprint density at radius 1 is 0.931 bits per heavy atom. The summed E-state index contributed by atoms with van der Waals surface area (Å²) in [5, 5.41) is 0. The van der Waals surface area contributed by atoms with Gasteiger partial charge in [0.15, 0.2) is 0 Å². The molecule has 2 amide bonds. The van der Waals surface area contributed by atoms with Gasteiger partial charge in [0.1, 0.15) is 5.75 Å². The first kappa shape index (κ1) is 19.5. The zero-order valence-electron chi connectivity index (χ0n) is 16.8. The summed E-state index contributed by atoms with van der Waals surface area (Å²) in [6, 6.07) is 15.8. The Hall–Kier alpha value is -2.86. The summed E-state index contributed by atoms with van der Waals surface area (Å²) < 4.78 is 5.23. The lowest BCUT2D eigenvalue weighted by Gasteiger charge is -2.35. The third kappa shape index (κ3) is 4.43. The van der Waals surface area contributed by atoms with Crippen LogP contribution in [0.15, 0.2) is 48.5 Å². The smallest absolute Gasteiger partial charge is 0.241 e. The van der Waals surface area contributed by atoms with Gasteiger partial charge in [0.05, 0.1) is 20.1 Å². The van der Waals surface area contributed by atoms with Crippen LogP contribution in [-0.4, -0.2) is 68.0 Å². The zero-order valence-corrected chi connectivity index (χ0v) is 16.8. The lowest BCUT2D eigenvalue weighted by atomic mass is 10.1. The predicted octanol–water partition coefficient (Wildman–Crippen LogP) is 1.97. The molecule has 6 nitrogen and oxygen atoms in total. The molecule has 0 unspecified atom stereocenters. The molecule has 152 valence electrons. The van der Waals surface area contributed by atoms with E-state index in [1.54, 1.807) is 7.11 Å². The van der Waals surface area contributed by atoms with Gasteiger partial charge in [0.2, 0.25) is 11.8 Å². The molecule has 1 fully saturated rings. The Bertz CT molecular complexity index is 890. The van der Waals surface area contributed by atoms with Crippen LogP contribution in [0.3, 0.4) is 0 Å². The Balaban J connectivity index is 1.27. The Morgan fingerprint density at radius 3 is 2.52 bits per heavy atom. The van der Waals surface area contributed by atoms with Gasteiger partial charge in [-0.15, -0.1) is 0 Å². The lowest BCUT2D eigenvalue weighted by molar-refractivity contribution is -0.132. The first-order valence-corrected chi connectivity index (χ1v) is 10.2. The van der Waals surface area contributed by atoms with Gasteiger partial charge < -0.3 is 14.5 Å². The summed E-state index contributed by atoms with van der Waals surface area (Å²) in [7, 11) is 1.63. The van der Waals surface area contributed by atoms with E-state index < -0.39 is 0 Å². The van der Waals surface area contributed by atoms with Crippen molar-refractivity contribution in [1.82, 2.24) is 9.80 Å². The van der Waals surface area contributed by atoms with Gasteiger partial charge in [-0.3, -0.25) is 14.5 Å². The van der Waals surface area contributed by atoms with E-state index in [4.69, 9.17) is 4.74 Å². The molecule has 2 aliphatic heterocycles. The number of amides is 2. The maximum absolute atomic E-state index is 12.8. The van der Waals surface area contributed by atoms with Gasteiger partial charge in [-0.2, -0.15) is 0 Å². The number of methoxy groups -OCH3 is 1. The molecule has 1 saturated heterocycles. The highest BCUT2D eigenvalue weighted by Gasteiger charge is 2.27. The molecule has 0 saturated carbocycles. The van der Waals surface area contributed by atoms with Crippen molar-refractivity contribution >= 4 is 17.5 Å². The van der Waals surface area contributed by atoms with Gasteiger partial charge in [-0.1, -0.05) is 30.3 Å². The molecule has 6 heteroatoms. The van der Waals surface area contributed by atoms with Crippen LogP contribution in [0.25, 0.3) is 0 Å². The van der Waals surface area contributed by atoms with Crippen molar-refractivity contribution in [3.05, 3.63) is 59.7 Å².